The van der Waals surface area contributed by atoms with Crippen molar-refractivity contribution in [3.05, 3.63) is 12.0 Å². The summed E-state index contributed by atoms with van der Waals surface area (Å²) in [5.41, 5.74) is 0.571. The van der Waals surface area contributed by atoms with Crippen LogP contribution in [0.1, 0.15) is 30.8 Å². The van der Waals surface area contributed by atoms with Gasteiger partial charge in [0.1, 0.15) is 17.5 Å². The summed E-state index contributed by atoms with van der Waals surface area (Å²) in [6.45, 7) is 7.52. The van der Waals surface area contributed by atoms with E-state index in [2.05, 4.69) is 39.2 Å². The molecule has 0 aliphatic carbocycles. The highest BCUT2D eigenvalue weighted by atomic mass is 16.5. The van der Waals surface area contributed by atoms with Crippen LogP contribution in [0.2, 0.25) is 0 Å². The molecule has 0 aromatic carbocycles. The first-order valence-electron chi connectivity index (χ1n) is 7.88. The highest BCUT2D eigenvalue weighted by molar-refractivity contribution is 6.07. The largest absolute Gasteiger partial charge is 0.378 e. The predicted molar refractivity (Wildman–Crippen MR) is 84.4 cm³/mol. The third kappa shape index (κ3) is 3.42. The number of nitrogens with zero attached hydrogens (tertiary/aromatic N) is 4. The van der Waals surface area contributed by atoms with Gasteiger partial charge in [-0.25, -0.2) is 4.98 Å². The summed E-state index contributed by atoms with van der Waals surface area (Å²) >= 11 is 0. The Kier molecular flexibility index (Phi) is 4.71. The molecule has 8 nitrogen and oxygen atoms in total. The second-order valence-corrected chi connectivity index (χ2v) is 5.95. The molecular weight excluding hydrogens is 298 g/mol. The second-order valence-electron chi connectivity index (χ2n) is 5.95. The van der Waals surface area contributed by atoms with Gasteiger partial charge in [-0.3, -0.25) is 4.79 Å². The van der Waals surface area contributed by atoms with Crippen molar-refractivity contribution in [2.75, 3.05) is 37.7 Å². The van der Waals surface area contributed by atoms with Crippen LogP contribution >= 0.6 is 0 Å². The molecule has 1 N–H and O–H groups in total. The number of anilines is 1. The van der Waals surface area contributed by atoms with E-state index in [1.165, 1.54) is 6.33 Å². The van der Waals surface area contributed by atoms with Crippen molar-refractivity contribution in [2.45, 2.75) is 20.3 Å². The normalized spacial score (nSPS) is 15.3. The number of rotatable bonds is 5. The van der Waals surface area contributed by atoms with Crippen molar-refractivity contribution in [1.82, 2.24) is 20.4 Å². The fourth-order valence-electron chi connectivity index (χ4n) is 2.50. The fraction of sp³-hybridized carbons (Fsp3) is 0.600. The molecule has 23 heavy (non-hydrogen) atoms. The molecule has 1 saturated heterocycles. The molecule has 1 fully saturated rings. The second kappa shape index (κ2) is 6.91. The zero-order valence-corrected chi connectivity index (χ0v) is 13.4. The average Bonchev–Trinajstić information content (AvgIpc) is 2.99. The summed E-state index contributed by atoms with van der Waals surface area (Å²) in [5, 5.41) is 7.35. The fourth-order valence-corrected chi connectivity index (χ4v) is 2.50. The zero-order chi connectivity index (χ0) is 16.2. The van der Waals surface area contributed by atoms with Gasteiger partial charge in [-0.15, -0.1) is 0 Å². The Morgan fingerprint density at radius 2 is 2.13 bits per heavy atom. The molecule has 1 aliphatic rings. The van der Waals surface area contributed by atoms with Gasteiger partial charge in [0.25, 0.3) is 11.6 Å². The van der Waals surface area contributed by atoms with Crippen molar-refractivity contribution in [3.8, 4) is 0 Å². The van der Waals surface area contributed by atoms with Crippen molar-refractivity contribution in [2.24, 2.45) is 5.92 Å². The minimum Gasteiger partial charge on any atom is -0.378 e. The van der Waals surface area contributed by atoms with Gasteiger partial charge in [0.15, 0.2) is 5.69 Å². The van der Waals surface area contributed by atoms with Crippen LogP contribution in [0, 0.1) is 5.92 Å². The number of nitrogens with one attached hydrogen (secondary N) is 1. The number of carbonyl (C=O) groups is 1. The zero-order valence-electron chi connectivity index (χ0n) is 13.4. The molecule has 0 bridgehead atoms. The molecule has 1 aliphatic heterocycles. The molecule has 2 aromatic rings. The summed E-state index contributed by atoms with van der Waals surface area (Å²) in [4.78, 5) is 22.9. The lowest BCUT2D eigenvalue weighted by atomic mass is 10.1. The summed E-state index contributed by atoms with van der Waals surface area (Å²) in [7, 11) is 0. The maximum absolute atomic E-state index is 12.4. The van der Waals surface area contributed by atoms with Crippen molar-refractivity contribution in [1.29, 1.82) is 0 Å². The highest BCUT2D eigenvalue weighted by Gasteiger charge is 2.24. The third-order valence-electron chi connectivity index (χ3n) is 3.79. The van der Waals surface area contributed by atoms with Gasteiger partial charge >= 0.3 is 0 Å². The van der Waals surface area contributed by atoms with Crippen LogP contribution in [0.4, 0.5) is 5.82 Å². The van der Waals surface area contributed by atoms with Gasteiger partial charge in [0, 0.05) is 19.6 Å². The molecule has 0 radical (unpaired) electrons. The Morgan fingerprint density at radius 3 is 2.87 bits per heavy atom. The molecule has 0 spiro atoms. The van der Waals surface area contributed by atoms with E-state index in [0.29, 0.717) is 55.7 Å². The van der Waals surface area contributed by atoms with Crippen LogP contribution in [-0.2, 0) is 4.74 Å². The molecule has 8 heteroatoms. The topological polar surface area (TPSA) is 93.4 Å². The van der Waals surface area contributed by atoms with Crippen LogP contribution in [0.15, 0.2) is 10.9 Å². The number of morpholine rings is 1. The molecule has 3 heterocycles. The first-order chi connectivity index (χ1) is 11.2. The Labute approximate surface area is 134 Å². The molecule has 124 valence electrons. The van der Waals surface area contributed by atoms with Gasteiger partial charge in [-0.2, -0.15) is 4.98 Å². The number of ether oxygens (including phenoxy) is 1. The lowest BCUT2D eigenvalue weighted by Crippen LogP contribution is -2.37. The SMILES string of the molecule is CC(C)CCNC(=O)c1noc2ncnc(N3CCOCC3)c12. The van der Waals surface area contributed by atoms with E-state index in [4.69, 9.17) is 9.26 Å². The number of aromatic nitrogens is 3. The quantitative estimate of drug-likeness (QED) is 0.886. The summed E-state index contributed by atoms with van der Waals surface area (Å²) < 4.78 is 10.6. The lowest BCUT2D eigenvalue weighted by Gasteiger charge is -2.27. The Balaban J connectivity index is 1.87. The molecule has 0 unspecified atom stereocenters. The van der Waals surface area contributed by atoms with Gasteiger partial charge in [-0.05, 0) is 12.3 Å². The number of hydrogen-bond donors (Lipinski definition) is 1. The standard InChI is InChI=1S/C15H21N5O3/c1-10(2)3-4-16-14(21)12-11-13(20-5-7-22-8-6-20)17-9-18-15(11)23-19-12/h9-10H,3-8H2,1-2H3,(H,16,21). The van der Waals surface area contributed by atoms with Gasteiger partial charge in [0.05, 0.1) is 13.2 Å². The number of carbonyl (C=O) groups excluding carboxylic acids is 1. The van der Waals surface area contributed by atoms with E-state index in [0.717, 1.165) is 6.42 Å². The minimum atomic E-state index is -0.256. The Bertz CT molecular complexity index is 679. The van der Waals surface area contributed by atoms with Crippen molar-refractivity contribution in [3.63, 3.8) is 0 Å². The van der Waals surface area contributed by atoms with E-state index >= 15 is 0 Å². The molecule has 3 rings (SSSR count). The monoisotopic (exact) mass is 319 g/mol. The van der Waals surface area contributed by atoms with E-state index in [-0.39, 0.29) is 11.6 Å². The highest BCUT2D eigenvalue weighted by Crippen LogP contribution is 2.26. The average molecular weight is 319 g/mol. The van der Waals surface area contributed by atoms with Gasteiger partial charge in [-0.1, -0.05) is 19.0 Å². The first kappa shape index (κ1) is 15.7. The Hall–Kier alpha value is -2.22. The van der Waals surface area contributed by atoms with Gasteiger partial charge < -0.3 is 19.5 Å². The molecule has 0 saturated carbocycles. The summed E-state index contributed by atoms with van der Waals surface area (Å²) in [6, 6.07) is 0. The van der Waals surface area contributed by atoms with Crippen LogP contribution in [-0.4, -0.2) is 53.9 Å². The van der Waals surface area contributed by atoms with Crippen LogP contribution < -0.4 is 10.2 Å². The number of amides is 1. The van der Waals surface area contributed by atoms with E-state index in [1.54, 1.807) is 0 Å². The Morgan fingerprint density at radius 1 is 1.35 bits per heavy atom. The molecule has 1 amide bonds. The summed E-state index contributed by atoms with van der Waals surface area (Å²) in [6.07, 6.45) is 2.34. The predicted octanol–water partition coefficient (Wildman–Crippen LogP) is 1.23. The summed E-state index contributed by atoms with van der Waals surface area (Å²) in [5.74, 6) is 0.943. The van der Waals surface area contributed by atoms with E-state index < -0.39 is 0 Å². The van der Waals surface area contributed by atoms with E-state index in [9.17, 15) is 4.79 Å². The minimum absolute atomic E-state index is 0.242. The van der Waals surface area contributed by atoms with Crippen LogP contribution in [0.25, 0.3) is 11.1 Å². The molecule has 2 aromatic heterocycles. The van der Waals surface area contributed by atoms with Gasteiger partial charge in [0.2, 0.25) is 0 Å². The van der Waals surface area contributed by atoms with Crippen LogP contribution in [0.3, 0.4) is 0 Å². The maximum Gasteiger partial charge on any atom is 0.274 e. The van der Waals surface area contributed by atoms with E-state index in [1.807, 2.05) is 0 Å². The smallest absolute Gasteiger partial charge is 0.274 e. The van der Waals surface area contributed by atoms with Crippen molar-refractivity contribution >= 4 is 22.8 Å². The lowest BCUT2D eigenvalue weighted by molar-refractivity contribution is 0.0944. The number of hydrogen-bond acceptors (Lipinski definition) is 7. The molecular formula is C15H21N5O3. The van der Waals surface area contributed by atoms with Crippen molar-refractivity contribution < 1.29 is 14.1 Å². The maximum atomic E-state index is 12.4. The third-order valence-corrected chi connectivity index (χ3v) is 3.79. The number of fused-ring (bicyclic) bond motifs is 1. The first-order valence-corrected chi connectivity index (χ1v) is 7.88. The molecule has 0 atom stereocenters. The van der Waals surface area contributed by atoms with Crippen LogP contribution in [0.5, 0.6) is 0 Å².